The molecular weight excluding hydrogens is 408 g/mol. The van der Waals surface area contributed by atoms with E-state index in [1.165, 1.54) is 6.21 Å². The molecule has 0 radical (unpaired) electrons. The summed E-state index contributed by atoms with van der Waals surface area (Å²) >= 11 is 5.94. The van der Waals surface area contributed by atoms with E-state index in [-0.39, 0.29) is 18.6 Å². The van der Waals surface area contributed by atoms with E-state index in [0.717, 1.165) is 18.4 Å². The van der Waals surface area contributed by atoms with Crippen LogP contribution in [0.15, 0.2) is 47.6 Å². The van der Waals surface area contributed by atoms with Gasteiger partial charge < -0.3 is 15.4 Å². The third-order valence-corrected chi connectivity index (χ3v) is 4.46. The molecule has 9 heteroatoms. The van der Waals surface area contributed by atoms with Crippen molar-refractivity contribution in [2.45, 2.75) is 25.8 Å². The van der Waals surface area contributed by atoms with Crippen LogP contribution in [0.5, 0.6) is 5.75 Å². The Hall–Kier alpha value is -3.39. The van der Waals surface area contributed by atoms with Gasteiger partial charge in [-0.1, -0.05) is 17.7 Å². The number of aryl methyl sites for hydroxylation is 1. The Morgan fingerprint density at radius 2 is 1.87 bits per heavy atom. The molecule has 0 aromatic heterocycles. The number of carbonyl (C=O) groups excluding carboxylic acids is 3. The molecule has 3 amide bonds. The van der Waals surface area contributed by atoms with Gasteiger partial charge in [-0.2, -0.15) is 5.10 Å². The van der Waals surface area contributed by atoms with Crippen LogP contribution in [0.25, 0.3) is 0 Å². The van der Waals surface area contributed by atoms with E-state index >= 15 is 0 Å². The van der Waals surface area contributed by atoms with Crippen LogP contribution in [0.1, 0.15) is 24.0 Å². The summed E-state index contributed by atoms with van der Waals surface area (Å²) in [4.78, 5) is 35.1. The molecule has 8 nitrogen and oxygen atoms in total. The second-order valence-electron chi connectivity index (χ2n) is 6.81. The van der Waals surface area contributed by atoms with E-state index in [9.17, 15) is 14.4 Å². The smallest absolute Gasteiger partial charge is 0.329 e. The topological polar surface area (TPSA) is 109 Å². The summed E-state index contributed by atoms with van der Waals surface area (Å²) in [6, 6.07) is 12.1. The molecule has 3 N–H and O–H groups in total. The van der Waals surface area contributed by atoms with Gasteiger partial charge in [0.1, 0.15) is 5.75 Å². The Kier molecular flexibility index (Phi) is 7.03. The third-order valence-electron chi connectivity index (χ3n) is 4.22. The maximum Gasteiger partial charge on any atom is 0.329 e. The van der Waals surface area contributed by atoms with Gasteiger partial charge in [-0.3, -0.25) is 14.4 Å². The molecule has 156 valence electrons. The van der Waals surface area contributed by atoms with Gasteiger partial charge in [-0.15, -0.1) is 0 Å². The lowest BCUT2D eigenvalue weighted by Crippen LogP contribution is -2.38. The number of hydrogen-bond donors (Lipinski definition) is 3. The number of benzene rings is 2. The van der Waals surface area contributed by atoms with Crippen molar-refractivity contribution >= 4 is 41.2 Å². The van der Waals surface area contributed by atoms with Crippen LogP contribution in [0.4, 0.5) is 5.69 Å². The minimum Gasteiger partial charge on any atom is -0.484 e. The number of hydrogen-bond acceptors (Lipinski definition) is 5. The number of nitrogens with zero attached hydrogens (tertiary/aromatic N) is 1. The fraction of sp³-hybridized carbons (Fsp3) is 0.238. The Balaban J connectivity index is 1.43. The van der Waals surface area contributed by atoms with E-state index in [4.69, 9.17) is 16.3 Å². The molecule has 2 aromatic rings. The number of rotatable bonds is 7. The molecule has 1 saturated carbocycles. The number of hydrazone groups is 1. The van der Waals surface area contributed by atoms with E-state index in [2.05, 4.69) is 21.2 Å². The van der Waals surface area contributed by atoms with E-state index in [1.54, 1.807) is 36.4 Å². The number of halogens is 1. The van der Waals surface area contributed by atoms with Crippen LogP contribution in [-0.2, 0) is 14.4 Å². The SMILES string of the molecule is Cc1ccc(Cl)cc1NC(=O)COc1ccc(/C=N\NC(=O)C(=O)NC2CC2)cc1. The molecule has 0 atom stereocenters. The average Bonchev–Trinajstić information content (AvgIpc) is 3.54. The second-order valence-corrected chi connectivity index (χ2v) is 7.25. The number of anilines is 1. The minimum atomic E-state index is -0.806. The molecular formula is C21H21ClN4O4. The van der Waals surface area contributed by atoms with Crippen LogP contribution in [0.3, 0.4) is 0 Å². The largest absolute Gasteiger partial charge is 0.484 e. The first-order chi connectivity index (χ1) is 14.4. The molecule has 0 aliphatic heterocycles. The summed E-state index contributed by atoms with van der Waals surface area (Å²) in [7, 11) is 0. The van der Waals surface area contributed by atoms with Gasteiger partial charge in [0.05, 0.1) is 6.21 Å². The zero-order chi connectivity index (χ0) is 21.5. The standard InChI is InChI=1S/C21H21ClN4O4/c1-13-2-5-15(22)10-18(13)25-19(27)12-30-17-8-3-14(4-9-17)11-23-26-21(29)20(28)24-16-6-7-16/h2-5,8-11,16H,6-7,12H2,1H3,(H,24,28)(H,25,27)(H,26,29)/b23-11-. The summed E-state index contributed by atoms with van der Waals surface area (Å²) in [5.41, 5.74) is 4.39. The normalized spacial score (nSPS) is 13.0. The summed E-state index contributed by atoms with van der Waals surface area (Å²) in [6.45, 7) is 1.71. The van der Waals surface area contributed by atoms with Gasteiger partial charge >= 0.3 is 11.8 Å². The molecule has 0 spiro atoms. The van der Waals surface area contributed by atoms with Crippen molar-refractivity contribution in [3.05, 3.63) is 58.6 Å². The summed E-state index contributed by atoms with van der Waals surface area (Å²) in [5, 5.41) is 9.62. The van der Waals surface area contributed by atoms with Crippen molar-refractivity contribution in [2.24, 2.45) is 5.10 Å². The lowest BCUT2D eigenvalue weighted by Gasteiger charge is -2.10. The Morgan fingerprint density at radius 3 is 2.57 bits per heavy atom. The summed E-state index contributed by atoms with van der Waals surface area (Å²) < 4.78 is 5.47. The molecule has 1 aliphatic rings. The van der Waals surface area contributed by atoms with Crippen molar-refractivity contribution in [3.63, 3.8) is 0 Å². The number of amides is 3. The highest BCUT2D eigenvalue weighted by Gasteiger charge is 2.26. The van der Waals surface area contributed by atoms with Gasteiger partial charge in [0.15, 0.2) is 6.61 Å². The minimum absolute atomic E-state index is 0.108. The first-order valence-corrected chi connectivity index (χ1v) is 9.71. The summed E-state index contributed by atoms with van der Waals surface area (Å²) in [6.07, 6.45) is 3.21. The predicted octanol–water partition coefficient (Wildman–Crippen LogP) is 2.39. The number of ether oxygens (including phenoxy) is 1. The lowest BCUT2D eigenvalue weighted by molar-refractivity contribution is -0.139. The highest BCUT2D eigenvalue weighted by Crippen LogP contribution is 2.20. The maximum absolute atomic E-state index is 12.1. The number of carbonyl (C=O) groups is 3. The average molecular weight is 429 g/mol. The highest BCUT2D eigenvalue weighted by molar-refractivity contribution is 6.35. The van der Waals surface area contributed by atoms with Gasteiger partial charge in [-0.25, -0.2) is 5.43 Å². The Bertz CT molecular complexity index is 971. The van der Waals surface area contributed by atoms with Crippen LogP contribution in [0.2, 0.25) is 5.02 Å². The number of nitrogens with one attached hydrogen (secondary N) is 3. The van der Waals surface area contributed by atoms with Crippen molar-refractivity contribution in [1.29, 1.82) is 0 Å². The van der Waals surface area contributed by atoms with Crippen molar-refractivity contribution in [1.82, 2.24) is 10.7 Å². The van der Waals surface area contributed by atoms with E-state index < -0.39 is 11.8 Å². The Labute approximate surface area is 178 Å². The molecule has 30 heavy (non-hydrogen) atoms. The van der Waals surface area contributed by atoms with Crippen molar-refractivity contribution in [3.8, 4) is 5.75 Å². The second kappa shape index (κ2) is 9.89. The maximum atomic E-state index is 12.1. The lowest BCUT2D eigenvalue weighted by atomic mass is 10.2. The van der Waals surface area contributed by atoms with E-state index in [1.807, 2.05) is 13.0 Å². The molecule has 3 rings (SSSR count). The van der Waals surface area contributed by atoms with Crippen molar-refractivity contribution < 1.29 is 19.1 Å². The van der Waals surface area contributed by atoms with Crippen LogP contribution < -0.4 is 20.8 Å². The molecule has 1 aliphatic carbocycles. The molecule has 2 aromatic carbocycles. The zero-order valence-electron chi connectivity index (χ0n) is 16.3. The Morgan fingerprint density at radius 1 is 1.13 bits per heavy atom. The van der Waals surface area contributed by atoms with Crippen LogP contribution in [-0.4, -0.2) is 36.6 Å². The fourth-order valence-electron chi connectivity index (χ4n) is 2.41. The fourth-order valence-corrected chi connectivity index (χ4v) is 2.58. The first-order valence-electron chi connectivity index (χ1n) is 9.33. The predicted molar refractivity (Wildman–Crippen MR) is 114 cm³/mol. The molecule has 0 heterocycles. The van der Waals surface area contributed by atoms with Crippen LogP contribution in [0, 0.1) is 6.92 Å². The molecule has 1 fully saturated rings. The quantitative estimate of drug-likeness (QED) is 0.357. The monoisotopic (exact) mass is 428 g/mol. The first kappa shape index (κ1) is 21.3. The molecule has 0 saturated heterocycles. The van der Waals surface area contributed by atoms with Crippen LogP contribution >= 0.6 is 11.6 Å². The highest BCUT2D eigenvalue weighted by atomic mass is 35.5. The van der Waals surface area contributed by atoms with Gasteiger partial charge in [0.25, 0.3) is 5.91 Å². The van der Waals surface area contributed by atoms with Crippen molar-refractivity contribution in [2.75, 3.05) is 11.9 Å². The zero-order valence-corrected chi connectivity index (χ0v) is 17.0. The van der Waals surface area contributed by atoms with Gasteiger partial charge in [-0.05, 0) is 67.3 Å². The van der Waals surface area contributed by atoms with Gasteiger partial charge in [0.2, 0.25) is 0 Å². The van der Waals surface area contributed by atoms with E-state index in [0.29, 0.717) is 22.0 Å². The summed E-state index contributed by atoms with van der Waals surface area (Å²) in [5.74, 6) is -1.31. The molecule has 0 bridgehead atoms. The third kappa shape index (κ3) is 6.59. The van der Waals surface area contributed by atoms with Gasteiger partial charge in [0, 0.05) is 16.8 Å². The molecule has 0 unspecified atom stereocenters.